The summed E-state index contributed by atoms with van der Waals surface area (Å²) in [6.07, 6.45) is 6.22. The Morgan fingerprint density at radius 2 is 1.73 bits per heavy atom. The van der Waals surface area contributed by atoms with Gasteiger partial charge in [-0.2, -0.15) is 0 Å². The average molecular weight is 399 g/mol. The lowest BCUT2D eigenvalue weighted by Gasteiger charge is -2.21. The van der Waals surface area contributed by atoms with Crippen molar-refractivity contribution >= 4 is 22.7 Å². The van der Waals surface area contributed by atoms with Crippen LogP contribution in [0, 0.1) is 0 Å². The highest BCUT2D eigenvalue weighted by atomic mass is 16.5. The Morgan fingerprint density at radius 3 is 2.63 bits per heavy atom. The zero-order valence-corrected chi connectivity index (χ0v) is 17.2. The second-order valence-corrected chi connectivity index (χ2v) is 8.39. The zero-order chi connectivity index (χ0) is 20.7. The molecule has 1 aromatic heterocycles. The molecule has 0 spiro atoms. The van der Waals surface area contributed by atoms with Crippen LogP contribution in [-0.2, 0) is 30.4 Å². The summed E-state index contributed by atoms with van der Waals surface area (Å²) in [5.41, 5.74) is 6.57. The first kappa shape index (κ1) is 19.0. The van der Waals surface area contributed by atoms with Gasteiger partial charge in [0.05, 0.1) is 11.1 Å². The van der Waals surface area contributed by atoms with Gasteiger partial charge in [-0.3, -0.25) is 9.78 Å². The summed E-state index contributed by atoms with van der Waals surface area (Å²) in [4.78, 5) is 31.0. The average Bonchev–Trinajstić information content (AvgIpc) is 3.24. The van der Waals surface area contributed by atoms with Gasteiger partial charge in [-0.25, -0.2) is 4.79 Å². The lowest BCUT2D eigenvalue weighted by atomic mass is 9.90. The molecule has 30 heavy (non-hydrogen) atoms. The molecule has 152 valence electrons. The van der Waals surface area contributed by atoms with Crippen LogP contribution >= 0.6 is 0 Å². The number of Topliss-reactive ketones (excluding diaryl/α,β-unsaturated/α-hetero) is 1. The third kappa shape index (κ3) is 3.30. The maximum Gasteiger partial charge on any atom is 0.339 e. The fourth-order valence-electron chi connectivity index (χ4n) is 4.84. The second-order valence-electron chi connectivity index (χ2n) is 8.39. The number of fused-ring (bicyclic) bond motifs is 3. The molecule has 2 aliphatic carbocycles. The molecule has 4 heteroatoms. The molecule has 0 fully saturated rings. The number of aryl methyl sites for hydroxylation is 3. The smallest absolute Gasteiger partial charge is 0.339 e. The van der Waals surface area contributed by atoms with Crippen molar-refractivity contribution in [2.24, 2.45) is 0 Å². The van der Waals surface area contributed by atoms with Crippen molar-refractivity contribution in [3.05, 3.63) is 76.0 Å². The van der Waals surface area contributed by atoms with Crippen molar-refractivity contribution in [3.63, 3.8) is 0 Å². The number of benzene rings is 2. The van der Waals surface area contributed by atoms with E-state index in [1.807, 2.05) is 42.5 Å². The summed E-state index contributed by atoms with van der Waals surface area (Å²) >= 11 is 0. The van der Waals surface area contributed by atoms with Crippen LogP contribution in [0.3, 0.4) is 0 Å². The summed E-state index contributed by atoms with van der Waals surface area (Å²) in [6, 6.07) is 13.6. The van der Waals surface area contributed by atoms with E-state index in [0.29, 0.717) is 11.1 Å². The third-order valence-corrected chi connectivity index (χ3v) is 6.41. The minimum absolute atomic E-state index is 0.148. The largest absolute Gasteiger partial charge is 0.451 e. The molecule has 1 heterocycles. The van der Waals surface area contributed by atoms with Gasteiger partial charge in [-0.15, -0.1) is 0 Å². The maximum atomic E-state index is 13.3. The number of hydrogen-bond acceptors (Lipinski definition) is 4. The molecule has 3 aromatic rings. The monoisotopic (exact) mass is 399 g/mol. The fraction of sp³-hybridized carbons (Fsp3) is 0.346. The van der Waals surface area contributed by atoms with E-state index < -0.39 is 12.1 Å². The molecular formula is C26H25NO3. The Kier molecular flexibility index (Phi) is 4.86. The van der Waals surface area contributed by atoms with Crippen LogP contribution in [0.5, 0.6) is 0 Å². The molecule has 0 radical (unpaired) electrons. The van der Waals surface area contributed by atoms with Crippen LogP contribution in [0.1, 0.15) is 69.3 Å². The van der Waals surface area contributed by atoms with Crippen molar-refractivity contribution in [2.45, 2.75) is 58.0 Å². The molecule has 0 aliphatic heterocycles. The van der Waals surface area contributed by atoms with Crippen molar-refractivity contribution in [1.29, 1.82) is 0 Å². The summed E-state index contributed by atoms with van der Waals surface area (Å²) in [6.45, 7) is 1.67. The van der Waals surface area contributed by atoms with Crippen LogP contribution in [0.25, 0.3) is 10.9 Å². The normalized spacial score (nSPS) is 16.0. The molecule has 0 bridgehead atoms. The maximum absolute atomic E-state index is 13.3. The Balaban J connectivity index is 1.45. The summed E-state index contributed by atoms with van der Waals surface area (Å²) in [5, 5.41) is 0.806. The Bertz CT molecular complexity index is 1160. The summed E-state index contributed by atoms with van der Waals surface area (Å²) in [5.74, 6) is -0.570. The molecule has 2 aliphatic rings. The van der Waals surface area contributed by atoms with Crippen molar-refractivity contribution < 1.29 is 14.3 Å². The standard InChI is InChI=1S/C26H25NO3/c1-16(25(28)19-14-13-17-7-6-8-18(17)15-19)30-26(29)24-20-9-2-4-11-22(20)27-23-12-5-3-10-21(23)24/h2,4,9,11,13-16H,3,5-8,10,12H2,1H3/t16-/m0/s1. The number of ether oxygens (including phenoxy) is 1. The second kappa shape index (κ2) is 7.67. The molecule has 0 amide bonds. The zero-order valence-electron chi connectivity index (χ0n) is 17.2. The van der Waals surface area contributed by atoms with E-state index in [4.69, 9.17) is 9.72 Å². The molecule has 5 rings (SSSR count). The number of pyridine rings is 1. The number of aromatic nitrogens is 1. The van der Waals surface area contributed by atoms with Crippen molar-refractivity contribution in [1.82, 2.24) is 4.98 Å². The van der Waals surface area contributed by atoms with E-state index >= 15 is 0 Å². The lowest BCUT2D eigenvalue weighted by molar-refractivity contribution is 0.0319. The van der Waals surface area contributed by atoms with E-state index in [-0.39, 0.29) is 5.78 Å². The predicted molar refractivity (Wildman–Crippen MR) is 116 cm³/mol. The van der Waals surface area contributed by atoms with Gasteiger partial charge in [0.15, 0.2) is 6.10 Å². The number of rotatable bonds is 4. The van der Waals surface area contributed by atoms with Crippen LogP contribution < -0.4 is 0 Å². The Labute approximate surface area is 176 Å². The van der Waals surface area contributed by atoms with E-state index in [2.05, 4.69) is 0 Å². The van der Waals surface area contributed by atoms with Gasteiger partial charge in [-0.1, -0.05) is 30.3 Å². The topological polar surface area (TPSA) is 56.3 Å². The quantitative estimate of drug-likeness (QED) is 0.456. The van der Waals surface area contributed by atoms with E-state index in [1.54, 1.807) is 6.92 Å². The number of nitrogens with zero attached hydrogens (tertiary/aromatic N) is 1. The molecule has 0 unspecified atom stereocenters. The molecule has 0 N–H and O–H groups in total. The Morgan fingerprint density at radius 1 is 0.933 bits per heavy atom. The predicted octanol–water partition coefficient (Wildman–Crippen LogP) is 5.03. The number of carbonyl (C=O) groups excluding carboxylic acids is 2. The van der Waals surface area contributed by atoms with E-state index in [1.165, 1.54) is 11.1 Å². The molecule has 2 aromatic carbocycles. The van der Waals surface area contributed by atoms with Gasteiger partial charge >= 0.3 is 5.97 Å². The molecule has 1 atom stereocenters. The highest BCUT2D eigenvalue weighted by Crippen LogP contribution is 2.30. The van der Waals surface area contributed by atoms with Crippen LogP contribution in [0.15, 0.2) is 42.5 Å². The van der Waals surface area contributed by atoms with E-state index in [0.717, 1.165) is 67.1 Å². The van der Waals surface area contributed by atoms with Gasteiger partial charge in [0.25, 0.3) is 0 Å². The number of esters is 1. The van der Waals surface area contributed by atoms with Crippen molar-refractivity contribution in [3.8, 4) is 0 Å². The molecular weight excluding hydrogens is 374 g/mol. The first-order chi connectivity index (χ1) is 14.6. The van der Waals surface area contributed by atoms with Gasteiger partial charge < -0.3 is 4.74 Å². The van der Waals surface area contributed by atoms with Crippen LogP contribution in [-0.4, -0.2) is 22.8 Å². The Hall–Kier alpha value is -3.01. The first-order valence-corrected chi connectivity index (χ1v) is 10.9. The summed E-state index contributed by atoms with van der Waals surface area (Å²) in [7, 11) is 0. The number of hydrogen-bond donors (Lipinski definition) is 0. The third-order valence-electron chi connectivity index (χ3n) is 6.41. The fourth-order valence-corrected chi connectivity index (χ4v) is 4.84. The number of ketones is 1. The number of carbonyl (C=O) groups is 2. The highest BCUT2D eigenvalue weighted by molar-refractivity contribution is 6.07. The van der Waals surface area contributed by atoms with Gasteiger partial charge in [-0.05, 0) is 80.7 Å². The van der Waals surface area contributed by atoms with Gasteiger partial charge in [0.1, 0.15) is 0 Å². The van der Waals surface area contributed by atoms with E-state index in [9.17, 15) is 9.59 Å². The number of para-hydroxylation sites is 1. The molecule has 4 nitrogen and oxygen atoms in total. The lowest BCUT2D eigenvalue weighted by Crippen LogP contribution is -2.26. The summed E-state index contributed by atoms with van der Waals surface area (Å²) < 4.78 is 5.73. The SMILES string of the molecule is C[C@H](OC(=O)c1c2c(nc3ccccc13)CCCC2)C(=O)c1ccc2c(c1)CCC2. The minimum atomic E-state index is -0.830. The minimum Gasteiger partial charge on any atom is -0.451 e. The van der Waals surface area contributed by atoms with Crippen molar-refractivity contribution in [2.75, 3.05) is 0 Å². The first-order valence-electron chi connectivity index (χ1n) is 10.9. The molecule has 0 saturated carbocycles. The van der Waals surface area contributed by atoms with Crippen LogP contribution in [0.4, 0.5) is 0 Å². The van der Waals surface area contributed by atoms with Gasteiger partial charge in [0, 0.05) is 16.6 Å². The van der Waals surface area contributed by atoms with Crippen LogP contribution in [0.2, 0.25) is 0 Å². The highest BCUT2D eigenvalue weighted by Gasteiger charge is 2.27. The van der Waals surface area contributed by atoms with Gasteiger partial charge in [0.2, 0.25) is 5.78 Å². The molecule has 0 saturated heterocycles.